The predicted molar refractivity (Wildman–Crippen MR) is 100 cm³/mol. The highest BCUT2D eigenvalue weighted by Gasteiger charge is 2.18. The van der Waals surface area contributed by atoms with Crippen molar-refractivity contribution in [3.63, 3.8) is 0 Å². The van der Waals surface area contributed by atoms with E-state index in [1.54, 1.807) is 7.05 Å². The third kappa shape index (κ3) is 3.44. The van der Waals surface area contributed by atoms with Crippen molar-refractivity contribution < 1.29 is 5.11 Å². The van der Waals surface area contributed by atoms with E-state index in [9.17, 15) is 9.90 Å². The summed E-state index contributed by atoms with van der Waals surface area (Å²) in [7, 11) is 1.60. The third-order valence-electron chi connectivity index (χ3n) is 4.29. The molecule has 0 amide bonds. The number of halogens is 1. The number of aryl methyl sites for hydroxylation is 4. The zero-order chi connectivity index (χ0) is 18.0. The van der Waals surface area contributed by atoms with Gasteiger partial charge in [-0.2, -0.15) is 5.10 Å². The first-order valence-corrected chi connectivity index (χ1v) is 8.45. The van der Waals surface area contributed by atoms with Gasteiger partial charge in [-0.15, -0.1) is 0 Å². The van der Waals surface area contributed by atoms with E-state index in [0.717, 1.165) is 16.7 Å². The molecule has 0 atom stereocenters. The monoisotopic (exact) mass is 354 g/mol. The summed E-state index contributed by atoms with van der Waals surface area (Å²) in [6, 6.07) is 15.1. The van der Waals surface area contributed by atoms with Crippen LogP contribution >= 0.6 is 11.6 Å². The lowest BCUT2D eigenvalue weighted by atomic mass is 9.99. The number of hydrogen-bond acceptors (Lipinski definition) is 3. The molecule has 0 saturated heterocycles. The van der Waals surface area contributed by atoms with Crippen LogP contribution in [0.1, 0.15) is 16.8 Å². The van der Waals surface area contributed by atoms with Gasteiger partial charge in [0.25, 0.3) is 5.56 Å². The fourth-order valence-corrected chi connectivity index (χ4v) is 3.13. The Morgan fingerprint density at radius 3 is 2.48 bits per heavy atom. The molecule has 25 heavy (non-hydrogen) atoms. The van der Waals surface area contributed by atoms with Crippen molar-refractivity contribution >= 4 is 11.6 Å². The lowest BCUT2D eigenvalue weighted by Gasteiger charge is -2.13. The maximum Gasteiger partial charge on any atom is 0.278 e. The molecule has 0 unspecified atom stereocenters. The first-order chi connectivity index (χ1) is 12.0. The van der Waals surface area contributed by atoms with Crippen LogP contribution in [0.15, 0.2) is 53.3 Å². The topological polar surface area (TPSA) is 55.1 Å². The molecule has 128 valence electrons. The number of rotatable bonds is 4. The minimum atomic E-state index is -0.312. The molecule has 0 aliphatic carbocycles. The molecule has 1 N–H and O–H groups in total. The Hall–Kier alpha value is -2.59. The Bertz CT molecular complexity index is 980. The first kappa shape index (κ1) is 17.2. The van der Waals surface area contributed by atoms with Crippen LogP contribution < -0.4 is 5.56 Å². The lowest BCUT2D eigenvalue weighted by molar-refractivity contribution is 0.455. The Morgan fingerprint density at radius 2 is 1.76 bits per heavy atom. The SMILES string of the molecule is Cc1ccccc1-c1c(O)c(CCc2ccccc2Cl)nn(C)c1=O. The number of aromatic nitrogens is 2. The average molecular weight is 355 g/mol. The van der Waals surface area contributed by atoms with E-state index < -0.39 is 0 Å². The molecule has 3 aromatic rings. The van der Waals surface area contributed by atoms with E-state index >= 15 is 0 Å². The van der Waals surface area contributed by atoms with Gasteiger partial charge in [-0.25, -0.2) is 4.68 Å². The summed E-state index contributed by atoms with van der Waals surface area (Å²) in [4.78, 5) is 12.5. The van der Waals surface area contributed by atoms with Crippen LogP contribution in [0.5, 0.6) is 5.75 Å². The first-order valence-electron chi connectivity index (χ1n) is 8.07. The summed E-state index contributed by atoms with van der Waals surface area (Å²) in [6.45, 7) is 1.91. The van der Waals surface area contributed by atoms with Crippen LogP contribution in [0.3, 0.4) is 0 Å². The normalized spacial score (nSPS) is 10.8. The van der Waals surface area contributed by atoms with Gasteiger partial charge in [-0.05, 0) is 42.5 Å². The van der Waals surface area contributed by atoms with E-state index in [4.69, 9.17) is 11.6 Å². The van der Waals surface area contributed by atoms with Gasteiger partial charge in [-0.3, -0.25) is 4.79 Å². The number of nitrogens with zero attached hydrogens (tertiary/aromatic N) is 2. The molecule has 4 nitrogen and oxygen atoms in total. The van der Waals surface area contributed by atoms with E-state index in [2.05, 4.69) is 5.10 Å². The van der Waals surface area contributed by atoms with E-state index in [1.807, 2.05) is 55.5 Å². The van der Waals surface area contributed by atoms with Gasteiger partial charge < -0.3 is 5.11 Å². The Labute approximate surface area is 151 Å². The molecule has 0 aliphatic rings. The Balaban J connectivity index is 2.03. The second-order valence-corrected chi connectivity index (χ2v) is 6.41. The third-order valence-corrected chi connectivity index (χ3v) is 4.66. The molecule has 2 aromatic carbocycles. The van der Waals surface area contributed by atoms with E-state index in [-0.39, 0.29) is 11.3 Å². The summed E-state index contributed by atoms with van der Waals surface area (Å²) in [5.41, 5.74) is 3.11. The highest BCUT2D eigenvalue weighted by molar-refractivity contribution is 6.31. The largest absolute Gasteiger partial charge is 0.505 e. The van der Waals surface area contributed by atoms with E-state index in [1.165, 1.54) is 4.68 Å². The molecule has 5 heteroatoms. The predicted octanol–water partition coefficient (Wildman–Crippen LogP) is 3.90. The smallest absolute Gasteiger partial charge is 0.278 e. The van der Waals surface area contributed by atoms with Crippen LogP contribution in [0.25, 0.3) is 11.1 Å². The van der Waals surface area contributed by atoms with Crippen molar-refractivity contribution in [1.82, 2.24) is 9.78 Å². The molecule has 1 aromatic heterocycles. The molecule has 0 bridgehead atoms. The molecule has 0 aliphatic heterocycles. The van der Waals surface area contributed by atoms with Gasteiger partial charge >= 0.3 is 0 Å². The summed E-state index contributed by atoms with van der Waals surface area (Å²) in [5, 5.41) is 15.6. The summed E-state index contributed by atoms with van der Waals surface area (Å²) in [6.07, 6.45) is 1.12. The zero-order valence-electron chi connectivity index (χ0n) is 14.2. The molecular weight excluding hydrogens is 336 g/mol. The van der Waals surface area contributed by atoms with Crippen molar-refractivity contribution in [3.8, 4) is 16.9 Å². The lowest BCUT2D eigenvalue weighted by Crippen LogP contribution is -2.23. The van der Waals surface area contributed by atoms with Crippen LogP contribution in [-0.4, -0.2) is 14.9 Å². The zero-order valence-corrected chi connectivity index (χ0v) is 14.9. The fraction of sp³-hybridized carbons (Fsp3) is 0.200. The van der Waals surface area contributed by atoms with Crippen LogP contribution in [0, 0.1) is 6.92 Å². The van der Waals surface area contributed by atoms with Crippen LogP contribution in [0.4, 0.5) is 0 Å². The standard InChI is InChI=1S/C20H19ClN2O2/c1-13-7-3-5-9-15(13)18-19(24)17(22-23(2)20(18)25)12-11-14-8-4-6-10-16(14)21/h3-10,24H,11-12H2,1-2H3. The van der Waals surface area contributed by atoms with Gasteiger partial charge in [0, 0.05) is 12.1 Å². The van der Waals surface area contributed by atoms with Crippen LogP contribution in [0.2, 0.25) is 5.02 Å². The highest BCUT2D eigenvalue weighted by Crippen LogP contribution is 2.31. The van der Waals surface area contributed by atoms with Gasteiger partial charge in [0.15, 0.2) is 5.75 Å². The molecule has 0 fully saturated rings. The summed E-state index contributed by atoms with van der Waals surface area (Å²) in [5.74, 6) is -0.0514. The van der Waals surface area contributed by atoms with Crippen molar-refractivity contribution in [3.05, 3.63) is 80.7 Å². The van der Waals surface area contributed by atoms with Crippen molar-refractivity contribution in [2.45, 2.75) is 19.8 Å². The van der Waals surface area contributed by atoms with Gasteiger partial charge in [0.05, 0.1) is 5.56 Å². The van der Waals surface area contributed by atoms with Crippen LogP contribution in [-0.2, 0) is 19.9 Å². The van der Waals surface area contributed by atoms with Gasteiger partial charge in [-0.1, -0.05) is 54.1 Å². The second kappa shape index (κ2) is 7.11. The van der Waals surface area contributed by atoms with Crippen molar-refractivity contribution in [1.29, 1.82) is 0 Å². The Kier molecular flexibility index (Phi) is 4.91. The molecule has 3 rings (SSSR count). The summed E-state index contributed by atoms with van der Waals surface area (Å²) < 4.78 is 1.28. The fourth-order valence-electron chi connectivity index (χ4n) is 2.90. The van der Waals surface area contributed by atoms with E-state index in [0.29, 0.717) is 29.1 Å². The van der Waals surface area contributed by atoms with Gasteiger partial charge in [0.1, 0.15) is 5.69 Å². The number of hydrogen-bond donors (Lipinski definition) is 1. The van der Waals surface area contributed by atoms with Crippen molar-refractivity contribution in [2.75, 3.05) is 0 Å². The maximum atomic E-state index is 12.5. The number of benzene rings is 2. The molecule has 1 heterocycles. The highest BCUT2D eigenvalue weighted by atomic mass is 35.5. The van der Waals surface area contributed by atoms with Gasteiger partial charge in [0.2, 0.25) is 0 Å². The molecule has 0 saturated carbocycles. The number of aromatic hydroxyl groups is 1. The maximum absolute atomic E-state index is 12.5. The second-order valence-electron chi connectivity index (χ2n) is 6.01. The Morgan fingerprint density at radius 1 is 1.08 bits per heavy atom. The average Bonchev–Trinajstić information content (AvgIpc) is 2.60. The molecule has 0 spiro atoms. The summed E-state index contributed by atoms with van der Waals surface area (Å²) >= 11 is 6.20. The molecule has 0 radical (unpaired) electrons. The minimum Gasteiger partial charge on any atom is -0.505 e. The van der Waals surface area contributed by atoms with Crippen molar-refractivity contribution in [2.24, 2.45) is 7.05 Å². The molecular formula is C20H19ClN2O2. The quantitative estimate of drug-likeness (QED) is 0.773. The minimum absolute atomic E-state index is 0.0514.